The average molecular weight is 982 g/mol. The quantitative estimate of drug-likeness (QED) is 0.0272. The summed E-state index contributed by atoms with van der Waals surface area (Å²) >= 11 is 0. The van der Waals surface area contributed by atoms with Crippen LogP contribution in [0.25, 0.3) is 0 Å². The van der Waals surface area contributed by atoms with Gasteiger partial charge in [0.15, 0.2) is 0 Å². The van der Waals surface area contributed by atoms with Gasteiger partial charge in [-0.25, -0.2) is 0 Å². The number of unbranched alkanes of at least 4 members (excludes halogenated alkanes) is 38. The normalized spacial score (nSPS) is 14.0. The molecule has 0 aliphatic rings. The van der Waals surface area contributed by atoms with E-state index in [4.69, 9.17) is 9.05 Å². The lowest BCUT2D eigenvalue weighted by Gasteiger charge is -2.30. The molecule has 0 saturated carbocycles. The molecular weight excluding hydrogens is 864 g/mol. The van der Waals surface area contributed by atoms with E-state index in [1.807, 2.05) is 21.1 Å². The average Bonchev–Trinajstić information content (AvgIpc) is 3.30. The van der Waals surface area contributed by atoms with Gasteiger partial charge in [0.1, 0.15) is 13.2 Å². The minimum Gasteiger partial charge on any atom is -0.756 e. The van der Waals surface area contributed by atoms with E-state index in [1.165, 1.54) is 218 Å². The van der Waals surface area contributed by atoms with Gasteiger partial charge in [-0.15, -0.1) is 0 Å². The Hall–Kier alpha value is -1.02. The number of likely N-dealkylation sites (N-methyl/N-ethyl adjacent to an activating group) is 1. The van der Waals surface area contributed by atoms with E-state index in [-0.39, 0.29) is 19.1 Å². The van der Waals surface area contributed by atoms with Crippen molar-refractivity contribution in [2.24, 2.45) is 0 Å². The second-order valence-corrected chi connectivity index (χ2v) is 23.1. The SMILES string of the molecule is CCCCC/C=C\C/C=C\CCCCCCCCCC(=O)NC(COP(=O)([O-])OCC[N+](C)(C)C)C(O)CCCCCCCCCCCCCCCCCCCCCCCCCCCCCCC. The molecule has 2 N–H and O–H groups in total. The smallest absolute Gasteiger partial charge is 0.268 e. The zero-order chi connectivity index (χ0) is 49.9. The van der Waals surface area contributed by atoms with Gasteiger partial charge < -0.3 is 28.8 Å². The Kier molecular flexibility index (Phi) is 50.1. The van der Waals surface area contributed by atoms with Crippen molar-refractivity contribution in [1.82, 2.24) is 5.32 Å². The van der Waals surface area contributed by atoms with E-state index >= 15 is 0 Å². The molecular formula is C59H117N2O6P. The molecule has 3 unspecified atom stereocenters. The third-order valence-corrected chi connectivity index (χ3v) is 14.7. The molecule has 3 atom stereocenters. The first-order valence-corrected chi connectivity index (χ1v) is 31.1. The number of nitrogens with zero attached hydrogens (tertiary/aromatic N) is 1. The number of phosphoric ester groups is 1. The summed E-state index contributed by atoms with van der Waals surface area (Å²) in [6, 6.07) is -0.804. The Bertz CT molecular complexity index is 1160. The molecule has 0 aromatic carbocycles. The minimum atomic E-state index is -4.57. The Morgan fingerprint density at radius 1 is 0.515 bits per heavy atom. The third kappa shape index (κ3) is 52.8. The van der Waals surface area contributed by atoms with Gasteiger partial charge in [-0.1, -0.05) is 269 Å². The van der Waals surface area contributed by atoms with E-state index in [2.05, 4.69) is 43.5 Å². The lowest BCUT2D eigenvalue weighted by Crippen LogP contribution is -2.46. The van der Waals surface area contributed by atoms with Crippen molar-refractivity contribution >= 4 is 13.7 Å². The topological polar surface area (TPSA) is 108 Å². The van der Waals surface area contributed by atoms with Crippen molar-refractivity contribution < 1.29 is 32.9 Å². The van der Waals surface area contributed by atoms with Crippen LogP contribution in [0.2, 0.25) is 0 Å². The number of aliphatic hydroxyl groups excluding tert-OH is 1. The van der Waals surface area contributed by atoms with Crippen LogP contribution in [0.15, 0.2) is 24.3 Å². The summed E-state index contributed by atoms with van der Waals surface area (Å²) in [6.45, 7) is 4.73. The van der Waals surface area contributed by atoms with E-state index in [0.29, 0.717) is 23.9 Å². The standard InChI is InChI=1S/C59H117N2O6P/c1-6-8-10-12-14-16-18-20-22-24-25-26-27-28-29-30-31-32-33-34-35-37-38-40-42-44-46-48-50-52-58(62)57(56-67-68(64,65)66-55-54-61(3,4)5)60-59(63)53-51-49-47-45-43-41-39-36-23-21-19-17-15-13-11-9-7-2/h15,17,21,23,57-58,62H,6-14,16,18-20,22,24-56H2,1-5H3,(H-,60,63,64,65)/b17-15-,23-21-. The van der Waals surface area contributed by atoms with Crippen LogP contribution < -0.4 is 10.2 Å². The second kappa shape index (κ2) is 50.9. The molecule has 404 valence electrons. The van der Waals surface area contributed by atoms with Crippen LogP contribution in [0.5, 0.6) is 0 Å². The highest BCUT2D eigenvalue weighted by Gasteiger charge is 2.24. The first-order valence-electron chi connectivity index (χ1n) is 29.7. The zero-order valence-electron chi connectivity index (χ0n) is 46.1. The lowest BCUT2D eigenvalue weighted by molar-refractivity contribution is -0.870. The summed E-state index contributed by atoms with van der Waals surface area (Å²) in [7, 11) is 1.31. The molecule has 9 heteroatoms. The third-order valence-electron chi connectivity index (χ3n) is 13.7. The fourth-order valence-electron chi connectivity index (χ4n) is 9.01. The molecule has 0 spiro atoms. The fraction of sp³-hybridized carbons (Fsp3) is 0.915. The summed E-state index contributed by atoms with van der Waals surface area (Å²) in [5.74, 6) is -0.169. The van der Waals surface area contributed by atoms with Gasteiger partial charge in [-0.3, -0.25) is 9.36 Å². The van der Waals surface area contributed by atoms with E-state index < -0.39 is 20.0 Å². The van der Waals surface area contributed by atoms with Crippen LogP contribution in [-0.2, 0) is 18.4 Å². The summed E-state index contributed by atoms with van der Waals surface area (Å²) in [5, 5.41) is 14.0. The number of quaternary nitrogens is 1. The number of carbonyl (C=O) groups excluding carboxylic acids is 1. The van der Waals surface area contributed by atoms with Crippen molar-refractivity contribution in [3.8, 4) is 0 Å². The molecule has 0 radical (unpaired) electrons. The van der Waals surface area contributed by atoms with Gasteiger partial charge in [0.2, 0.25) is 5.91 Å². The molecule has 0 aromatic heterocycles. The number of phosphoric acid groups is 1. The number of hydrogen-bond acceptors (Lipinski definition) is 6. The predicted octanol–water partition coefficient (Wildman–Crippen LogP) is 17.4. The van der Waals surface area contributed by atoms with Crippen molar-refractivity contribution in [3.63, 3.8) is 0 Å². The second-order valence-electron chi connectivity index (χ2n) is 21.7. The fourth-order valence-corrected chi connectivity index (χ4v) is 9.74. The molecule has 0 fully saturated rings. The lowest BCUT2D eigenvalue weighted by atomic mass is 10.0. The maximum Gasteiger partial charge on any atom is 0.268 e. The molecule has 0 aromatic rings. The van der Waals surface area contributed by atoms with Crippen molar-refractivity contribution in [3.05, 3.63) is 24.3 Å². The number of nitrogens with one attached hydrogen (secondary N) is 1. The summed E-state index contributed by atoms with van der Waals surface area (Å²) in [4.78, 5) is 25.5. The summed E-state index contributed by atoms with van der Waals surface area (Å²) < 4.78 is 23.4. The maximum absolute atomic E-state index is 13.0. The summed E-state index contributed by atoms with van der Waals surface area (Å²) in [5.41, 5.74) is 0. The van der Waals surface area contributed by atoms with Gasteiger partial charge in [0.05, 0.1) is 39.9 Å². The van der Waals surface area contributed by atoms with Crippen LogP contribution in [0.1, 0.15) is 296 Å². The van der Waals surface area contributed by atoms with Crippen molar-refractivity contribution in [2.75, 3.05) is 40.9 Å². The first-order chi connectivity index (χ1) is 33.0. The van der Waals surface area contributed by atoms with Gasteiger partial charge in [-0.05, 0) is 44.9 Å². The Balaban J connectivity index is 4.08. The largest absolute Gasteiger partial charge is 0.756 e. The van der Waals surface area contributed by atoms with E-state index in [9.17, 15) is 19.4 Å². The van der Waals surface area contributed by atoms with Crippen LogP contribution in [0.4, 0.5) is 0 Å². The Labute approximate surface area is 424 Å². The number of amides is 1. The number of allylic oxidation sites excluding steroid dienone is 4. The van der Waals surface area contributed by atoms with E-state index in [1.54, 1.807) is 0 Å². The van der Waals surface area contributed by atoms with Crippen molar-refractivity contribution in [1.29, 1.82) is 0 Å². The highest BCUT2D eigenvalue weighted by atomic mass is 31.2. The number of carbonyl (C=O) groups is 1. The number of aliphatic hydroxyl groups is 1. The van der Waals surface area contributed by atoms with Crippen molar-refractivity contribution in [2.45, 2.75) is 309 Å². The molecule has 0 heterocycles. The number of hydrogen-bond donors (Lipinski definition) is 2. The Morgan fingerprint density at radius 3 is 1.25 bits per heavy atom. The maximum atomic E-state index is 13.0. The summed E-state index contributed by atoms with van der Waals surface area (Å²) in [6.07, 6.45) is 63.6. The molecule has 8 nitrogen and oxygen atoms in total. The molecule has 68 heavy (non-hydrogen) atoms. The zero-order valence-corrected chi connectivity index (χ0v) is 47.0. The van der Waals surface area contributed by atoms with Crippen LogP contribution in [0, 0.1) is 0 Å². The Morgan fingerprint density at radius 2 is 0.853 bits per heavy atom. The molecule has 0 aliphatic carbocycles. The van der Waals surface area contributed by atoms with E-state index in [0.717, 1.165) is 51.4 Å². The highest BCUT2D eigenvalue weighted by molar-refractivity contribution is 7.45. The highest BCUT2D eigenvalue weighted by Crippen LogP contribution is 2.38. The molecule has 0 rings (SSSR count). The molecule has 0 aliphatic heterocycles. The van der Waals surface area contributed by atoms with Gasteiger partial charge in [-0.2, -0.15) is 0 Å². The van der Waals surface area contributed by atoms with Crippen LogP contribution >= 0.6 is 7.82 Å². The van der Waals surface area contributed by atoms with Gasteiger partial charge >= 0.3 is 0 Å². The van der Waals surface area contributed by atoms with Gasteiger partial charge in [0, 0.05) is 6.42 Å². The number of rotatable bonds is 55. The van der Waals surface area contributed by atoms with Gasteiger partial charge in [0.25, 0.3) is 7.82 Å². The van der Waals surface area contributed by atoms with Crippen LogP contribution in [0.3, 0.4) is 0 Å². The minimum absolute atomic E-state index is 0.0116. The van der Waals surface area contributed by atoms with Crippen LogP contribution in [-0.4, -0.2) is 68.5 Å². The molecule has 1 amide bonds. The predicted molar refractivity (Wildman–Crippen MR) is 293 cm³/mol. The molecule has 0 bridgehead atoms. The monoisotopic (exact) mass is 981 g/mol. The first kappa shape index (κ1) is 67.0. The molecule has 0 saturated heterocycles.